The van der Waals surface area contributed by atoms with E-state index in [0.29, 0.717) is 30.9 Å². The van der Waals surface area contributed by atoms with Crippen LogP contribution in [0.1, 0.15) is 53.7 Å². The third-order valence-corrected chi connectivity index (χ3v) is 8.75. The van der Waals surface area contributed by atoms with Crippen LogP contribution >= 0.6 is 0 Å². The van der Waals surface area contributed by atoms with Crippen LogP contribution in [0.25, 0.3) is 11.1 Å². The molecule has 3 atom stereocenters. The zero-order chi connectivity index (χ0) is 35.0. The molecule has 11 heteroatoms. The summed E-state index contributed by atoms with van der Waals surface area (Å²) in [5.41, 5.74) is 4.94. The maximum Gasteiger partial charge on any atom is 0.326 e. The monoisotopic (exact) mass is 670 g/mol. The zero-order valence-corrected chi connectivity index (χ0v) is 29.1. The first-order chi connectivity index (χ1) is 22.5. The van der Waals surface area contributed by atoms with E-state index < -0.39 is 27.8 Å². The van der Waals surface area contributed by atoms with E-state index in [4.69, 9.17) is 14.6 Å². The molecule has 3 N–H and O–H groups in total. The lowest BCUT2D eigenvalue weighted by Gasteiger charge is -2.25. The zero-order valence-electron chi connectivity index (χ0n) is 28.3. The molecule has 0 aromatic heterocycles. The van der Waals surface area contributed by atoms with Crippen LogP contribution < -0.4 is 5.32 Å². The Morgan fingerprint density at radius 1 is 0.979 bits per heavy atom. The molecule has 3 aromatic rings. The quantitative estimate of drug-likeness (QED) is 0.222. The number of hydrogen-bond acceptors (Lipinski definition) is 8. The molecule has 1 aliphatic rings. The first-order valence-corrected chi connectivity index (χ1v) is 17.8. The van der Waals surface area contributed by atoms with Gasteiger partial charge in [-0.05, 0) is 59.7 Å². The van der Waals surface area contributed by atoms with Crippen molar-refractivity contribution in [3.8, 4) is 11.1 Å². The largest absolute Gasteiger partial charge is 0.480 e. The van der Waals surface area contributed by atoms with Crippen LogP contribution in [0.5, 0.6) is 0 Å². The van der Waals surface area contributed by atoms with Crippen LogP contribution in [-0.4, -0.2) is 93.0 Å². The standard InChI is InChI=1S/C33H40N2O7S.C2H6.CH4O/c1-23-9-7-8-12-28(23)30-17-25(13-14-29(30)32(36)34-31(33(37)38)15-16-43(3,39)40)19-35-20-27(41-2)18-26(35)22-42-21-24-10-5-4-6-11-24;2*1-2/h4-14,17,26-27,31H,15-16,18-22H2,1-3H3,(H,34,36)(H,37,38);1-2H3;2H,1H3/t26?,27-,31?;;/m0../s1. The molecule has 1 heterocycles. The number of carboxylic acids is 1. The minimum absolute atomic E-state index is 0.0890. The van der Waals surface area contributed by atoms with Crippen LogP contribution in [0.3, 0.4) is 0 Å². The normalized spacial score (nSPS) is 16.7. The molecule has 1 amide bonds. The Morgan fingerprint density at radius 2 is 1.64 bits per heavy atom. The van der Waals surface area contributed by atoms with Crippen molar-refractivity contribution in [3.05, 3.63) is 95.1 Å². The van der Waals surface area contributed by atoms with Gasteiger partial charge in [0.25, 0.3) is 5.91 Å². The van der Waals surface area contributed by atoms with Gasteiger partial charge < -0.3 is 25.0 Å². The van der Waals surface area contributed by atoms with E-state index in [9.17, 15) is 23.1 Å². The number of carboxylic acid groups (broad SMARTS) is 1. The van der Waals surface area contributed by atoms with Gasteiger partial charge in [0, 0.05) is 45.2 Å². The second kappa shape index (κ2) is 19.9. The van der Waals surface area contributed by atoms with Gasteiger partial charge in [0.2, 0.25) is 0 Å². The van der Waals surface area contributed by atoms with E-state index in [1.807, 2.05) is 87.5 Å². The fourth-order valence-corrected chi connectivity index (χ4v) is 6.07. The molecule has 47 heavy (non-hydrogen) atoms. The summed E-state index contributed by atoms with van der Waals surface area (Å²) in [6.07, 6.45) is 1.76. The summed E-state index contributed by atoms with van der Waals surface area (Å²) >= 11 is 0. The number of aryl methyl sites for hydroxylation is 1. The fourth-order valence-electron chi connectivity index (χ4n) is 5.41. The number of nitrogens with zero attached hydrogens (tertiary/aromatic N) is 1. The van der Waals surface area contributed by atoms with Crippen molar-refractivity contribution in [1.82, 2.24) is 10.2 Å². The molecule has 0 saturated carbocycles. The number of aliphatic hydroxyl groups is 1. The highest BCUT2D eigenvalue weighted by Gasteiger charge is 2.32. The number of rotatable bonds is 14. The molecule has 2 unspecified atom stereocenters. The third kappa shape index (κ3) is 12.5. The highest BCUT2D eigenvalue weighted by molar-refractivity contribution is 7.90. The lowest BCUT2D eigenvalue weighted by Crippen LogP contribution is -2.42. The molecule has 1 saturated heterocycles. The van der Waals surface area contributed by atoms with Gasteiger partial charge in [-0.2, -0.15) is 0 Å². The number of likely N-dealkylation sites (tertiary alicyclic amines) is 1. The minimum atomic E-state index is -3.40. The smallest absolute Gasteiger partial charge is 0.326 e. The van der Waals surface area contributed by atoms with Gasteiger partial charge in [0.05, 0.1) is 25.1 Å². The predicted molar refractivity (Wildman–Crippen MR) is 185 cm³/mol. The Hall–Kier alpha value is -3.61. The number of carbonyl (C=O) groups is 2. The maximum atomic E-state index is 13.4. The van der Waals surface area contributed by atoms with E-state index >= 15 is 0 Å². The second-order valence-electron chi connectivity index (χ2n) is 11.2. The van der Waals surface area contributed by atoms with Gasteiger partial charge in [0.1, 0.15) is 15.9 Å². The Kier molecular flexibility index (Phi) is 16.8. The van der Waals surface area contributed by atoms with E-state index in [1.165, 1.54) is 0 Å². The molecular formula is C36H50N2O8S. The van der Waals surface area contributed by atoms with Crippen molar-refractivity contribution in [3.63, 3.8) is 0 Å². The number of aliphatic carboxylic acids is 1. The topological polar surface area (TPSA) is 142 Å². The Labute approximate surface area is 279 Å². The lowest BCUT2D eigenvalue weighted by molar-refractivity contribution is -0.139. The Balaban J connectivity index is 0.00000185. The fraction of sp³-hybridized carbons (Fsp3) is 0.444. The molecule has 0 aliphatic carbocycles. The number of carbonyl (C=O) groups excluding carboxylic acids is 1. The average Bonchev–Trinajstić information content (AvgIpc) is 3.46. The highest BCUT2D eigenvalue weighted by atomic mass is 32.2. The number of amides is 1. The van der Waals surface area contributed by atoms with Gasteiger partial charge in [-0.15, -0.1) is 0 Å². The summed E-state index contributed by atoms with van der Waals surface area (Å²) in [5, 5.41) is 19.2. The van der Waals surface area contributed by atoms with Crippen molar-refractivity contribution in [2.75, 3.05) is 39.4 Å². The number of ether oxygens (including phenoxy) is 2. The molecule has 0 bridgehead atoms. The van der Waals surface area contributed by atoms with Gasteiger partial charge in [-0.25, -0.2) is 13.2 Å². The van der Waals surface area contributed by atoms with Crippen LogP contribution in [0.2, 0.25) is 0 Å². The average molecular weight is 671 g/mol. The SMILES string of the molecule is CC.CO.CO[C@H]1CC(COCc2ccccc2)N(Cc2ccc(C(=O)NC(CCS(C)(=O)=O)C(=O)O)c(-c3ccccc3C)c2)C1. The van der Waals surface area contributed by atoms with Gasteiger partial charge in [-0.3, -0.25) is 9.69 Å². The number of aliphatic hydroxyl groups excluding tert-OH is 1. The number of hydrogen-bond donors (Lipinski definition) is 3. The van der Waals surface area contributed by atoms with Gasteiger partial charge in [0.15, 0.2) is 0 Å². The van der Waals surface area contributed by atoms with Crippen LogP contribution in [0.15, 0.2) is 72.8 Å². The molecule has 10 nitrogen and oxygen atoms in total. The van der Waals surface area contributed by atoms with E-state index in [2.05, 4.69) is 10.2 Å². The second-order valence-corrected chi connectivity index (χ2v) is 13.4. The number of methoxy groups -OCH3 is 1. The van der Waals surface area contributed by atoms with Crippen molar-refractivity contribution in [2.45, 2.75) is 65.0 Å². The predicted octanol–water partition coefficient (Wildman–Crippen LogP) is 4.72. The third-order valence-electron chi connectivity index (χ3n) is 7.77. The summed E-state index contributed by atoms with van der Waals surface area (Å²) < 4.78 is 35.0. The summed E-state index contributed by atoms with van der Waals surface area (Å²) in [6, 6.07) is 22.2. The molecule has 1 fully saturated rings. The summed E-state index contributed by atoms with van der Waals surface area (Å²) in [6.45, 7) is 8.42. The molecule has 258 valence electrons. The maximum absolute atomic E-state index is 13.4. The number of benzene rings is 3. The lowest BCUT2D eigenvalue weighted by atomic mass is 9.93. The van der Waals surface area contributed by atoms with Gasteiger partial charge >= 0.3 is 5.97 Å². The molecule has 3 aromatic carbocycles. The summed E-state index contributed by atoms with van der Waals surface area (Å²) in [7, 11) is -0.673. The molecule has 0 spiro atoms. The van der Waals surface area contributed by atoms with E-state index in [-0.39, 0.29) is 24.3 Å². The van der Waals surface area contributed by atoms with Crippen LogP contribution in [0, 0.1) is 6.92 Å². The summed E-state index contributed by atoms with van der Waals surface area (Å²) in [5.74, 6) is -2.20. The highest BCUT2D eigenvalue weighted by Crippen LogP contribution is 2.30. The first-order valence-electron chi connectivity index (χ1n) is 15.8. The van der Waals surface area contributed by atoms with Crippen LogP contribution in [0.4, 0.5) is 0 Å². The van der Waals surface area contributed by atoms with Crippen molar-refractivity contribution < 1.29 is 37.7 Å². The number of nitrogens with one attached hydrogen (secondary N) is 1. The number of sulfone groups is 1. The van der Waals surface area contributed by atoms with Crippen molar-refractivity contribution in [1.29, 1.82) is 0 Å². The Bertz CT molecular complexity index is 1510. The molecule has 1 aliphatic heterocycles. The van der Waals surface area contributed by atoms with Gasteiger partial charge in [-0.1, -0.05) is 74.5 Å². The Morgan fingerprint density at radius 3 is 2.26 bits per heavy atom. The summed E-state index contributed by atoms with van der Waals surface area (Å²) in [4.78, 5) is 27.6. The van der Waals surface area contributed by atoms with Crippen LogP contribution in [-0.2, 0) is 37.3 Å². The minimum Gasteiger partial charge on any atom is -0.480 e. The van der Waals surface area contributed by atoms with E-state index in [0.717, 1.165) is 48.6 Å². The molecule has 0 radical (unpaired) electrons. The van der Waals surface area contributed by atoms with Crippen molar-refractivity contribution >= 4 is 21.7 Å². The first kappa shape index (κ1) is 39.6. The van der Waals surface area contributed by atoms with E-state index in [1.54, 1.807) is 13.2 Å². The van der Waals surface area contributed by atoms with Crippen molar-refractivity contribution in [2.24, 2.45) is 0 Å². The molecule has 4 rings (SSSR count). The molecular weight excluding hydrogens is 620 g/mol.